The van der Waals surface area contributed by atoms with Crippen LogP contribution in [0.5, 0.6) is 0 Å². The van der Waals surface area contributed by atoms with Crippen LogP contribution in [-0.2, 0) is 22.8 Å². The van der Waals surface area contributed by atoms with E-state index in [1.807, 2.05) is 22.9 Å². The molecule has 0 saturated carbocycles. The van der Waals surface area contributed by atoms with Gasteiger partial charge in [-0.05, 0) is 29.7 Å². The summed E-state index contributed by atoms with van der Waals surface area (Å²) in [5.41, 5.74) is 9.71. The van der Waals surface area contributed by atoms with Crippen molar-refractivity contribution in [3.8, 4) is 11.1 Å². The van der Waals surface area contributed by atoms with E-state index in [-0.39, 0.29) is 5.92 Å². The number of nitrogens with zero attached hydrogens (tertiary/aromatic N) is 3. The van der Waals surface area contributed by atoms with Gasteiger partial charge in [0, 0.05) is 68.9 Å². The molecule has 0 aromatic carbocycles. The molecule has 0 aliphatic heterocycles. The summed E-state index contributed by atoms with van der Waals surface area (Å²) in [5, 5.41) is 4.01. The van der Waals surface area contributed by atoms with Gasteiger partial charge in [0.2, 0.25) is 0 Å². The lowest BCUT2D eigenvalue weighted by molar-refractivity contribution is -0.143. The fourth-order valence-corrected chi connectivity index (χ4v) is 4.84. The van der Waals surface area contributed by atoms with Gasteiger partial charge in [0.05, 0.1) is 18.2 Å². The summed E-state index contributed by atoms with van der Waals surface area (Å²) < 4.78 is 46.0. The number of ketones is 1. The lowest BCUT2D eigenvalue weighted by Crippen LogP contribution is -2.35. The quantitative estimate of drug-likeness (QED) is 0.194. The van der Waals surface area contributed by atoms with E-state index in [4.69, 9.17) is 10.5 Å². The highest BCUT2D eigenvalue weighted by molar-refractivity contribution is 6.76. The van der Waals surface area contributed by atoms with E-state index in [9.17, 15) is 18.0 Å². The van der Waals surface area contributed by atoms with E-state index < -0.39 is 38.9 Å². The maximum Gasteiger partial charge on any atom is 0.389 e. The van der Waals surface area contributed by atoms with Gasteiger partial charge >= 0.3 is 6.18 Å². The van der Waals surface area contributed by atoms with Crippen molar-refractivity contribution >= 4 is 30.6 Å². The van der Waals surface area contributed by atoms with Gasteiger partial charge in [-0.1, -0.05) is 33.5 Å². The summed E-state index contributed by atoms with van der Waals surface area (Å²) in [6.07, 6.45) is 0.916. The number of hydrogen-bond donors (Lipinski definition) is 2. The van der Waals surface area contributed by atoms with Gasteiger partial charge in [0.15, 0.2) is 5.78 Å². The van der Waals surface area contributed by atoms with Crippen LogP contribution in [0.4, 0.5) is 18.9 Å². The van der Waals surface area contributed by atoms with Crippen molar-refractivity contribution in [1.82, 2.24) is 14.5 Å². The molecule has 0 bridgehead atoms. The van der Waals surface area contributed by atoms with E-state index in [0.717, 1.165) is 33.8 Å². The van der Waals surface area contributed by atoms with Gasteiger partial charge in [-0.25, -0.2) is 4.98 Å². The van der Waals surface area contributed by atoms with Gasteiger partial charge in [0.1, 0.15) is 12.4 Å². The molecule has 0 aliphatic carbocycles. The van der Waals surface area contributed by atoms with Crippen LogP contribution in [0.3, 0.4) is 0 Å². The number of halogens is 3. The van der Waals surface area contributed by atoms with Crippen molar-refractivity contribution in [3.05, 3.63) is 42.5 Å². The smallest absolute Gasteiger partial charge is 0.374 e. The molecule has 3 aromatic heterocycles. The van der Waals surface area contributed by atoms with Crippen LogP contribution in [0.25, 0.3) is 22.2 Å². The minimum absolute atomic E-state index is 0.203. The number of nitrogens with two attached hydrogens (primary N) is 1. The van der Waals surface area contributed by atoms with Gasteiger partial charge in [0.25, 0.3) is 0 Å². The summed E-state index contributed by atoms with van der Waals surface area (Å²) >= 11 is 0. The van der Waals surface area contributed by atoms with Crippen LogP contribution in [0.2, 0.25) is 25.7 Å². The van der Waals surface area contributed by atoms with Gasteiger partial charge in [-0.3, -0.25) is 9.78 Å². The third-order valence-electron chi connectivity index (χ3n) is 6.27. The van der Waals surface area contributed by atoms with Crippen LogP contribution in [0, 0.1) is 5.92 Å². The summed E-state index contributed by atoms with van der Waals surface area (Å²) in [5.74, 6) is -0.683. The topological polar surface area (TPSA) is 95.1 Å². The van der Waals surface area contributed by atoms with E-state index in [0.29, 0.717) is 25.6 Å². The zero-order valence-electron chi connectivity index (χ0n) is 22.7. The highest BCUT2D eigenvalue weighted by Gasteiger charge is 2.31. The molecule has 0 aliphatic rings. The number of rotatable bonds is 13. The van der Waals surface area contributed by atoms with Crippen molar-refractivity contribution in [3.63, 3.8) is 0 Å². The number of fused-ring (bicyclic) bond motifs is 1. The summed E-state index contributed by atoms with van der Waals surface area (Å²) in [6, 6.07) is 4.13. The summed E-state index contributed by atoms with van der Waals surface area (Å²) in [7, 11) is -1.22. The number of Topliss-reactive ketones (excluding diaryl/α,β-unsaturated/α-hetero) is 1. The molecule has 11 heteroatoms. The molecule has 1 atom stereocenters. The Kier molecular flexibility index (Phi) is 9.72. The Morgan fingerprint density at radius 3 is 2.55 bits per heavy atom. The lowest BCUT2D eigenvalue weighted by atomic mass is 9.96. The third-order valence-corrected chi connectivity index (χ3v) is 7.98. The fourth-order valence-electron chi connectivity index (χ4n) is 4.08. The molecule has 0 spiro atoms. The second kappa shape index (κ2) is 12.4. The SMILES string of the molecule is CC(C)C(Nc1cncc(-c2cn(COCC[Si](C)(C)C)c3ncc(CN)cc23)c1)C(=O)CCC(F)(F)F. The third kappa shape index (κ3) is 8.37. The molecular formula is C27H38F3N5O2Si. The van der Waals surface area contributed by atoms with Crippen molar-refractivity contribution in [2.75, 3.05) is 11.9 Å². The van der Waals surface area contributed by atoms with E-state index in [2.05, 4.69) is 34.9 Å². The van der Waals surface area contributed by atoms with Crippen LogP contribution >= 0.6 is 0 Å². The zero-order chi connectivity index (χ0) is 28.1. The largest absolute Gasteiger partial charge is 0.389 e. The highest BCUT2D eigenvalue weighted by Crippen LogP contribution is 2.32. The molecule has 3 aromatic rings. The van der Waals surface area contributed by atoms with Crippen molar-refractivity contribution in [2.24, 2.45) is 11.7 Å². The average molecular weight is 550 g/mol. The van der Waals surface area contributed by atoms with Crippen molar-refractivity contribution in [2.45, 2.75) is 77.9 Å². The normalized spacial score (nSPS) is 13.3. The van der Waals surface area contributed by atoms with Crippen molar-refractivity contribution in [1.29, 1.82) is 0 Å². The minimum atomic E-state index is -4.37. The van der Waals surface area contributed by atoms with Gasteiger partial charge in [-0.2, -0.15) is 13.2 Å². The Bertz CT molecular complexity index is 1240. The molecule has 208 valence electrons. The second-order valence-corrected chi connectivity index (χ2v) is 16.8. The number of anilines is 1. The maximum absolute atomic E-state index is 12.7. The molecule has 0 saturated heterocycles. The lowest BCUT2D eigenvalue weighted by Gasteiger charge is -2.22. The first-order valence-electron chi connectivity index (χ1n) is 12.8. The van der Waals surface area contributed by atoms with Crippen LogP contribution < -0.4 is 11.1 Å². The van der Waals surface area contributed by atoms with Crippen LogP contribution in [0.1, 0.15) is 32.3 Å². The maximum atomic E-state index is 12.7. The summed E-state index contributed by atoms with van der Waals surface area (Å²) in [4.78, 5) is 21.6. The Morgan fingerprint density at radius 2 is 1.92 bits per heavy atom. The molecule has 1 unspecified atom stereocenters. The fraction of sp³-hybridized carbons (Fsp3) is 0.519. The summed E-state index contributed by atoms with van der Waals surface area (Å²) in [6.45, 7) is 11.9. The Balaban J connectivity index is 1.88. The number of carbonyl (C=O) groups excluding carboxylic acids is 1. The molecule has 0 fully saturated rings. The predicted octanol–water partition coefficient (Wildman–Crippen LogP) is 6.22. The first-order valence-corrected chi connectivity index (χ1v) is 16.5. The number of aromatic nitrogens is 3. The van der Waals surface area contributed by atoms with Crippen molar-refractivity contribution < 1.29 is 22.7 Å². The zero-order valence-corrected chi connectivity index (χ0v) is 23.7. The Hall–Kier alpha value is -2.76. The molecule has 3 N–H and O–H groups in total. The van der Waals surface area contributed by atoms with Gasteiger partial charge in [-0.15, -0.1) is 0 Å². The molecule has 0 radical (unpaired) electrons. The number of ether oxygens (including phenoxy) is 1. The van der Waals surface area contributed by atoms with E-state index in [1.54, 1.807) is 32.4 Å². The number of carbonyl (C=O) groups is 1. The number of hydrogen-bond acceptors (Lipinski definition) is 6. The first kappa shape index (κ1) is 29.8. The number of alkyl halides is 3. The molecular weight excluding hydrogens is 511 g/mol. The average Bonchev–Trinajstić information content (AvgIpc) is 3.20. The molecule has 7 nitrogen and oxygen atoms in total. The van der Waals surface area contributed by atoms with Crippen LogP contribution in [-0.4, -0.2) is 47.2 Å². The van der Waals surface area contributed by atoms with Gasteiger partial charge < -0.3 is 20.4 Å². The number of pyridine rings is 2. The Labute approximate surface area is 223 Å². The van der Waals surface area contributed by atoms with Crippen LogP contribution in [0.15, 0.2) is 36.9 Å². The molecule has 0 amide bonds. The molecule has 3 heterocycles. The first-order chi connectivity index (χ1) is 17.8. The van der Waals surface area contributed by atoms with E-state index in [1.165, 1.54) is 0 Å². The monoisotopic (exact) mass is 549 g/mol. The standard InChI is InChI=1S/C27H38F3N5O2Si/c1-18(2)25(24(36)6-7-27(28,29)30)34-21-11-20(14-32-15-21)23-16-35(17-37-8-9-38(3,4)5)26-22(23)10-19(12-31)13-33-26/h10-11,13-16,18,25,34H,6-9,12,17,31H2,1-5H3. The molecule has 3 rings (SSSR count). The van der Waals surface area contributed by atoms with E-state index >= 15 is 0 Å². The predicted molar refractivity (Wildman–Crippen MR) is 148 cm³/mol. The molecule has 38 heavy (non-hydrogen) atoms. The second-order valence-electron chi connectivity index (χ2n) is 11.2. The minimum Gasteiger partial charge on any atom is -0.374 e. The highest BCUT2D eigenvalue weighted by atomic mass is 28.3. The number of nitrogens with one attached hydrogen (secondary N) is 1. The Morgan fingerprint density at radius 1 is 1.18 bits per heavy atom.